The molecule has 0 aliphatic rings. The van der Waals surface area contributed by atoms with E-state index in [2.05, 4.69) is 10.6 Å². The number of carbonyl (C=O) groups excluding carboxylic acids is 1. The van der Waals surface area contributed by atoms with Crippen molar-refractivity contribution in [2.45, 2.75) is 6.92 Å². The van der Waals surface area contributed by atoms with Gasteiger partial charge in [0.15, 0.2) is 0 Å². The predicted octanol–water partition coefficient (Wildman–Crippen LogP) is 1.02. The number of amides is 1. The molecule has 1 aromatic rings. The summed E-state index contributed by atoms with van der Waals surface area (Å²) in [4.78, 5) is 11.0. The molecule has 0 saturated carbocycles. The number of benzene rings is 1. The Labute approximate surface area is 89.7 Å². The van der Waals surface area contributed by atoms with E-state index < -0.39 is 6.09 Å². The van der Waals surface area contributed by atoms with Crippen LogP contribution in [0.3, 0.4) is 0 Å². The third-order valence-electron chi connectivity index (χ3n) is 1.57. The van der Waals surface area contributed by atoms with E-state index >= 15 is 0 Å². The zero-order valence-corrected chi connectivity index (χ0v) is 9.86. The fourth-order valence-electron chi connectivity index (χ4n) is 0.935. The van der Waals surface area contributed by atoms with Crippen molar-refractivity contribution in [3.05, 3.63) is 24.3 Å². The van der Waals surface area contributed by atoms with Crippen molar-refractivity contribution >= 4 is 36.8 Å². The molecule has 1 amide bonds. The van der Waals surface area contributed by atoms with Crippen LogP contribution < -0.4 is 9.67 Å². The van der Waals surface area contributed by atoms with Crippen molar-refractivity contribution in [3.63, 3.8) is 0 Å². The topological polar surface area (TPSA) is 38.3 Å². The first-order chi connectivity index (χ1) is 6.76. The molecule has 0 bridgehead atoms. The van der Waals surface area contributed by atoms with E-state index in [0.717, 1.165) is 5.69 Å². The molecule has 4 heteroatoms. The van der Waals surface area contributed by atoms with Gasteiger partial charge < -0.3 is 0 Å². The van der Waals surface area contributed by atoms with Crippen LogP contribution in [-0.4, -0.2) is 33.3 Å². The number of nitrogens with one attached hydrogen (secondary N) is 1. The number of hydrogen-bond acceptors (Lipinski definition) is 2. The SMILES string of the molecule is C=[As]c1ccc(NC(=O)OCC)cc1. The van der Waals surface area contributed by atoms with Gasteiger partial charge in [-0.2, -0.15) is 0 Å². The molecule has 0 saturated heterocycles. The molecule has 1 rings (SSSR count). The van der Waals surface area contributed by atoms with Gasteiger partial charge in [0.2, 0.25) is 0 Å². The van der Waals surface area contributed by atoms with Crippen LogP contribution in [-0.2, 0) is 4.74 Å². The average Bonchev–Trinajstić information content (AvgIpc) is 2.19. The molecule has 14 heavy (non-hydrogen) atoms. The standard InChI is InChI=1S/C10H12AsNO2/c1-3-14-10(13)12-9-6-4-8(11-2)5-7-9/h4-7H,2-3H2,1H3,(H,12,13). The number of hydrogen-bond donors (Lipinski definition) is 1. The van der Waals surface area contributed by atoms with E-state index in [0.29, 0.717) is 6.61 Å². The molecular weight excluding hydrogens is 241 g/mol. The number of carbonyl (C=O) groups is 1. The first kappa shape index (κ1) is 11.0. The summed E-state index contributed by atoms with van der Waals surface area (Å²) >= 11 is 0.00381. The molecule has 0 unspecified atom stereocenters. The quantitative estimate of drug-likeness (QED) is 0.817. The molecule has 0 spiro atoms. The van der Waals surface area contributed by atoms with E-state index in [1.54, 1.807) is 6.92 Å². The van der Waals surface area contributed by atoms with E-state index in [9.17, 15) is 4.79 Å². The molecule has 74 valence electrons. The molecule has 0 aliphatic carbocycles. The Kier molecular flexibility index (Phi) is 4.40. The second-order valence-electron chi connectivity index (χ2n) is 2.55. The van der Waals surface area contributed by atoms with E-state index in [1.165, 1.54) is 4.35 Å². The van der Waals surface area contributed by atoms with Gasteiger partial charge in [-0.25, -0.2) is 0 Å². The van der Waals surface area contributed by atoms with Crippen LogP contribution in [0.25, 0.3) is 0 Å². The molecule has 0 atom stereocenters. The van der Waals surface area contributed by atoms with Gasteiger partial charge in [0.1, 0.15) is 0 Å². The first-order valence-corrected chi connectivity index (χ1v) is 6.53. The summed E-state index contributed by atoms with van der Waals surface area (Å²) in [5.41, 5.74) is 0.752. The van der Waals surface area contributed by atoms with Crippen LogP contribution in [0.4, 0.5) is 10.5 Å². The van der Waals surface area contributed by atoms with Gasteiger partial charge in [0, 0.05) is 0 Å². The summed E-state index contributed by atoms with van der Waals surface area (Å²) in [5.74, 6) is 0. The summed E-state index contributed by atoms with van der Waals surface area (Å²) in [6, 6.07) is 7.64. The van der Waals surface area contributed by atoms with Gasteiger partial charge in [-0.3, -0.25) is 0 Å². The molecule has 0 aromatic heterocycles. The monoisotopic (exact) mass is 253 g/mol. The summed E-state index contributed by atoms with van der Waals surface area (Å²) in [7, 11) is 0. The first-order valence-electron chi connectivity index (χ1n) is 4.27. The van der Waals surface area contributed by atoms with Crippen LogP contribution in [0, 0.1) is 0 Å². The number of ether oxygens (including phenoxy) is 1. The predicted molar refractivity (Wildman–Crippen MR) is 59.6 cm³/mol. The van der Waals surface area contributed by atoms with Crippen LogP contribution >= 0.6 is 0 Å². The van der Waals surface area contributed by atoms with Crippen molar-refractivity contribution in [3.8, 4) is 0 Å². The van der Waals surface area contributed by atoms with Gasteiger partial charge in [0.25, 0.3) is 0 Å². The third kappa shape index (κ3) is 3.35. The zero-order chi connectivity index (χ0) is 10.4. The molecule has 0 radical (unpaired) electrons. The Morgan fingerprint density at radius 3 is 2.64 bits per heavy atom. The molecule has 1 aromatic carbocycles. The van der Waals surface area contributed by atoms with Crippen LogP contribution in [0.2, 0.25) is 0 Å². The number of anilines is 1. The Morgan fingerprint density at radius 1 is 1.50 bits per heavy atom. The summed E-state index contributed by atoms with van der Waals surface area (Å²) < 4.78 is 5.98. The fraction of sp³-hybridized carbons (Fsp3) is 0.200. The van der Waals surface area contributed by atoms with Crippen molar-refractivity contribution in [1.29, 1.82) is 0 Å². The normalized spacial score (nSPS) is 9.79. The molecule has 0 aliphatic heterocycles. The van der Waals surface area contributed by atoms with Crippen molar-refractivity contribution in [2.24, 2.45) is 0 Å². The van der Waals surface area contributed by atoms with Crippen molar-refractivity contribution in [1.82, 2.24) is 0 Å². The fourth-order valence-corrected chi connectivity index (χ4v) is 1.69. The third-order valence-corrected chi connectivity index (χ3v) is 2.96. The minimum atomic E-state index is -0.414. The van der Waals surface area contributed by atoms with Gasteiger partial charge in [-0.15, -0.1) is 0 Å². The van der Waals surface area contributed by atoms with Crippen LogP contribution in [0.1, 0.15) is 6.92 Å². The van der Waals surface area contributed by atoms with E-state index in [-0.39, 0.29) is 15.3 Å². The molecule has 3 nitrogen and oxygen atoms in total. The average molecular weight is 253 g/mol. The Bertz CT molecular complexity index is 321. The number of rotatable bonds is 3. The van der Waals surface area contributed by atoms with Gasteiger partial charge in [-0.05, 0) is 0 Å². The second kappa shape index (κ2) is 5.61. The Hall–Kier alpha value is -1.08. The minimum absolute atomic E-state index is 0.00381. The van der Waals surface area contributed by atoms with Crippen LogP contribution in [0.5, 0.6) is 0 Å². The summed E-state index contributed by atoms with van der Waals surface area (Å²) in [6.07, 6.45) is -0.414. The van der Waals surface area contributed by atoms with E-state index in [1.807, 2.05) is 24.3 Å². The maximum atomic E-state index is 11.0. The zero-order valence-electron chi connectivity index (χ0n) is 7.99. The van der Waals surface area contributed by atoms with Crippen molar-refractivity contribution in [2.75, 3.05) is 11.9 Å². The Balaban J connectivity index is 2.59. The molecule has 0 heterocycles. The molecule has 1 N–H and O–H groups in total. The maximum absolute atomic E-state index is 11.0. The van der Waals surface area contributed by atoms with Crippen LogP contribution in [0.15, 0.2) is 24.3 Å². The Morgan fingerprint density at radius 2 is 2.14 bits per heavy atom. The van der Waals surface area contributed by atoms with Crippen molar-refractivity contribution < 1.29 is 9.53 Å². The second-order valence-corrected chi connectivity index (χ2v) is 4.30. The molecular formula is C10H12AsNO2. The van der Waals surface area contributed by atoms with Gasteiger partial charge in [-0.1, -0.05) is 0 Å². The summed E-state index contributed by atoms with van der Waals surface area (Å²) in [5, 5.41) is 6.48. The molecule has 0 fully saturated rings. The summed E-state index contributed by atoms with van der Waals surface area (Å²) in [6.45, 7) is 2.16. The van der Waals surface area contributed by atoms with Gasteiger partial charge in [0.05, 0.1) is 0 Å². The van der Waals surface area contributed by atoms with E-state index in [4.69, 9.17) is 4.74 Å². The van der Waals surface area contributed by atoms with Gasteiger partial charge >= 0.3 is 89.4 Å².